The molecule has 1 heterocycles. The van der Waals surface area contributed by atoms with Gasteiger partial charge in [0.25, 0.3) is 0 Å². The van der Waals surface area contributed by atoms with E-state index < -0.39 is 0 Å². The molecule has 0 radical (unpaired) electrons. The largest absolute Gasteiger partial charge is 0.497 e. The van der Waals surface area contributed by atoms with Gasteiger partial charge in [0, 0.05) is 23.5 Å². The third kappa shape index (κ3) is 3.75. The minimum atomic E-state index is -0.105. The Morgan fingerprint density at radius 3 is 2.62 bits per heavy atom. The monoisotopic (exact) mass is 372 g/mol. The first-order valence-corrected chi connectivity index (χ1v) is 9.56. The second-order valence-electron chi connectivity index (χ2n) is 6.25. The molecule has 0 aliphatic carbocycles. The molecule has 0 aromatic heterocycles. The summed E-state index contributed by atoms with van der Waals surface area (Å²) in [5, 5.41) is 2.91. The van der Waals surface area contributed by atoms with Gasteiger partial charge in [-0.25, -0.2) is 4.79 Å². The summed E-state index contributed by atoms with van der Waals surface area (Å²) < 4.78 is 10.9. The lowest BCUT2D eigenvalue weighted by Gasteiger charge is -2.26. The van der Waals surface area contributed by atoms with E-state index in [2.05, 4.69) is 12.2 Å². The molecular formula is C20H24N2O3S. The zero-order valence-corrected chi connectivity index (χ0v) is 16.4. The zero-order chi connectivity index (χ0) is 18.7. The van der Waals surface area contributed by atoms with Gasteiger partial charge in [-0.15, -0.1) is 11.8 Å². The van der Waals surface area contributed by atoms with Crippen LogP contribution in [0.15, 0.2) is 36.4 Å². The van der Waals surface area contributed by atoms with Crippen LogP contribution < -0.4 is 14.8 Å². The fourth-order valence-corrected chi connectivity index (χ4v) is 4.25. The normalized spacial score (nSPS) is 16.5. The Morgan fingerprint density at radius 2 is 1.92 bits per heavy atom. The molecule has 5 nitrogen and oxygen atoms in total. The third-order valence-electron chi connectivity index (χ3n) is 4.61. The summed E-state index contributed by atoms with van der Waals surface area (Å²) >= 11 is 1.73. The predicted molar refractivity (Wildman–Crippen MR) is 106 cm³/mol. The average Bonchev–Trinajstić information content (AvgIpc) is 3.14. The number of hydrogen-bond donors (Lipinski definition) is 1. The predicted octanol–water partition coefficient (Wildman–Crippen LogP) is 4.60. The SMILES string of the molecule is COc1ccc(OC)c([C@@H]2SCCN2C(=O)Nc2ccc(C)c(C)c2)c1. The number of methoxy groups -OCH3 is 2. The molecule has 1 atom stereocenters. The van der Waals surface area contributed by atoms with Gasteiger partial charge >= 0.3 is 6.03 Å². The van der Waals surface area contributed by atoms with Crippen LogP contribution in [0.3, 0.4) is 0 Å². The van der Waals surface area contributed by atoms with E-state index in [1.54, 1.807) is 26.0 Å². The molecule has 1 aliphatic rings. The maximum Gasteiger partial charge on any atom is 0.323 e. The van der Waals surface area contributed by atoms with E-state index in [4.69, 9.17) is 9.47 Å². The van der Waals surface area contributed by atoms with Crippen LogP contribution in [0.2, 0.25) is 0 Å². The first-order chi connectivity index (χ1) is 12.5. The first-order valence-electron chi connectivity index (χ1n) is 8.52. The van der Waals surface area contributed by atoms with Crippen LogP contribution in [0, 0.1) is 13.8 Å². The molecule has 1 fully saturated rings. The Hall–Kier alpha value is -2.34. The lowest BCUT2D eigenvalue weighted by Crippen LogP contribution is -2.34. The molecule has 26 heavy (non-hydrogen) atoms. The fraction of sp³-hybridized carbons (Fsp3) is 0.350. The van der Waals surface area contributed by atoms with Gasteiger partial charge in [-0.3, -0.25) is 0 Å². The number of nitrogens with one attached hydrogen (secondary N) is 1. The number of ether oxygens (including phenoxy) is 2. The minimum Gasteiger partial charge on any atom is -0.497 e. The Labute approximate surface area is 158 Å². The van der Waals surface area contributed by atoms with Crippen molar-refractivity contribution in [3.8, 4) is 11.5 Å². The molecule has 1 saturated heterocycles. The number of amides is 2. The van der Waals surface area contributed by atoms with Crippen LogP contribution in [-0.2, 0) is 0 Å². The number of nitrogens with zero attached hydrogens (tertiary/aromatic N) is 1. The standard InChI is InChI=1S/C20H24N2O3S/c1-13-5-6-15(11-14(13)2)21-20(23)22-9-10-26-19(22)17-12-16(24-3)7-8-18(17)25-4/h5-8,11-12,19H,9-10H2,1-4H3,(H,21,23)/t19-/m0/s1. The number of thioether (sulfide) groups is 1. The maximum absolute atomic E-state index is 12.9. The third-order valence-corrected chi connectivity index (χ3v) is 5.86. The number of hydrogen-bond acceptors (Lipinski definition) is 4. The Balaban J connectivity index is 1.83. The second kappa shape index (κ2) is 7.91. The summed E-state index contributed by atoms with van der Waals surface area (Å²) in [6.07, 6.45) is 0. The highest BCUT2D eigenvalue weighted by molar-refractivity contribution is 7.99. The van der Waals surface area contributed by atoms with Gasteiger partial charge in [0.2, 0.25) is 0 Å². The number of urea groups is 1. The van der Waals surface area contributed by atoms with Crippen molar-refractivity contribution in [2.45, 2.75) is 19.2 Å². The van der Waals surface area contributed by atoms with Gasteiger partial charge in [-0.05, 0) is 55.3 Å². The van der Waals surface area contributed by atoms with Gasteiger partial charge in [0.1, 0.15) is 16.9 Å². The summed E-state index contributed by atoms with van der Waals surface area (Å²) in [7, 11) is 3.28. The first kappa shape index (κ1) is 18.5. The Morgan fingerprint density at radius 1 is 1.12 bits per heavy atom. The molecule has 138 valence electrons. The van der Waals surface area contributed by atoms with Crippen LogP contribution in [-0.4, -0.2) is 37.4 Å². The quantitative estimate of drug-likeness (QED) is 0.852. The molecule has 2 aromatic carbocycles. The number of aryl methyl sites for hydroxylation is 2. The topological polar surface area (TPSA) is 50.8 Å². The van der Waals surface area contributed by atoms with Crippen molar-refractivity contribution in [1.82, 2.24) is 4.90 Å². The minimum absolute atomic E-state index is 0.104. The van der Waals surface area contributed by atoms with Crippen molar-refractivity contribution in [3.63, 3.8) is 0 Å². The van der Waals surface area contributed by atoms with Gasteiger partial charge in [0.15, 0.2) is 0 Å². The molecule has 0 saturated carbocycles. The fourth-order valence-electron chi connectivity index (χ4n) is 2.98. The van der Waals surface area contributed by atoms with E-state index in [0.29, 0.717) is 6.54 Å². The molecule has 6 heteroatoms. The molecule has 3 rings (SSSR count). The zero-order valence-electron chi connectivity index (χ0n) is 15.5. The molecular weight excluding hydrogens is 348 g/mol. The number of benzene rings is 2. The van der Waals surface area contributed by atoms with Crippen LogP contribution in [0.1, 0.15) is 22.1 Å². The van der Waals surface area contributed by atoms with Gasteiger partial charge in [-0.1, -0.05) is 6.07 Å². The highest BCUT2D eigenvalue weighted by Gasteiger charge is 2.33. The van der Waals surface area contributed by atoms with E-state index in [0.717, 1.165) is 34.1 Å². The molecule has 0 unspecified atom stereocenters. The van der Waals surface area contributed by atoms with E-state index in [1.165, 1.54) is 5.56 Å². The van der Waals surface area contributed by atoms with Crippen molar-refractivity contribution in [2.24, 2.45) is 0 Å². The van der Waals surface area contributed by atoms with Gasteiger partial charge < -0.3 is 19.7 Å². The van der Waals surface area contributed by atoms with Gasteiger partial charge in [0.05, 0.1) is 14.2 Å². The molecule has 2 aromatic rings. The lowest BCUT2D eigenvalue weighted by atomic mass is 10.1. The van der Waals surface area contributed by atoms with Crippen LogP contribution >= 0.6 is 11.8 Å². The van der Waals surface area contributed by atoms with E-state index in [9.17, 15) is 4.79 Å². The van der Waals surface area contributed by atoms with E-state index in [-0.39, 0.29) is 11.4 Å². The molecule has 1 N–H and O–H groups in total. The number of anilines is 1. The highest BCUT2D eigenvalue weighted by Crippen LogP contribution is 2.43. The lowest BCUT2D eigenvalue weighted by molar-refractivity contribution is 0.213. The highest BCUT2D eigenvalue weighted by atomic mass is 32.2. The number of carbonyl (C=O) groups is 1. The summed E-state index contributed by atoms with van der Waals surface area (Å²) in [5.74, 6) is 2.39. The summed E-state index contributed by atoms with van der Waals surface area (Å²) in [5.41, 5.74) is 4.12. The molecule has 0 bridgehead atoms. The van der Waals surface area contributed by atoms with Crippen molar-refractivity contribution in [1.29, 1.82) is 0 Å². The van der Waals surface area contributed by atoms with Crippen molar-refractivity contribution in [2.75, 3.05) is 31.8 Å². The van der Waals surface area contributed by atoms with Crippen molar-refractivity contribution in [3.05, 3.63) is 53.1 Å². The van der Waals surface area contributed by atoms with E-state index in [1.807, 2.05) is 48.2 Å². The molecule has 1 aliphatic heterocycles. The second-order valence-corrected chi connectivity index (χ2v) is 7.44. The van der Waals surface area contributed by atoms with E-state index >= 15 is 0 Å². The summed E-state index contributed by atoms with van der Waals surface area (Å²) in [6, 6.07) is 11.5. The van der Waals surface area contributed by atoms with Crippen LogP contribution in [0.5, 0.6) is 11.5 Å². The Kier molecular flexibility index (Phi) is 5.61. The smallest absolute Gasteiger partial charge is 0.323 e. The summed E-state index contributed by atoms with van der Waals surface area (Å²) in [6.45, 7) is 4.79. The average molecular weight is 372 g/mol. The molecule has 0 spiro atoms. The summed E-state index contributed by atoms with van der Waals surface area (Å²) in [4.78, 5) is 14.7. The Bertz CT molecular complexity index is 810. The molecule has 2 amide bonds. The maximum atomic E-state index is 12.9. The van der Waals surface area contributed by atoms with Crippen molar-refractivity contribution < 1.29 is 14.3 Å². The number of rotatable bonds is 4. The van der Waals surface area contributed by atoms with Gasteiger partial charge in [-0.2, -0.15) is 0 Å². The van der Waals surface area contributed by atoms with Crippen molar-refractivity contribution >= 4 is 23.5 Å². The van der Waals surface area contributed by atoms with Crippen LogP contribution in [0.25, 0.3) is 0 Å². The number of carbonyl (C=O) groups excluding carboxylic acids is 1. The van der Waals surface area contributed by atoms with Crippen LogP contribution in [0.4, 0.5) is 10.5 Å².